The molecule has 2 aromatic carbocycles. The zero-order valence-corrected chi connectivity index (χ0v) is 16.6. The number of anilines is 1. The van der Waals surface area contributed by atoms with Gasteiger partial charge in [0.15, 0.2) is 0 Å². The average Bonchev–Trinajstić information content (AvgIpc) is 3.26. The van der Waals surface area contributed by atoms with Crippen LogP contribution in [0.25, 0.3) is 5.69 Å². The molecular formula is C23H24N4O2. The van der Waals surface area contributed by atoms with Gasteiger partial charge in [-0.15, -0.1) is 0 Å². The molecule has 1 aliphatic heterocycles. The fraction of sp³-hybridized carbons (Fsp3) is 0.261. The number of likely N-dealkylation sites (tertiary alicyclic amines) is 1. The summed E-state index contributed by atoms with van der Waals surface area (Å²) >= 11 is 0. The lowest BCUT2D eigenvalue weighted by atomic mass is 10.1. The maximum atomic E-state index is 12.9. The van der Waals surface area contributed by atoms with Crippen LogP contribution in [0.4, 0.5) is 5.82 Å². The van der Waals surface area contributed by atoms with E-state index in [9.17, 15) is 9.59 Å². The van der Waals surface area contributed by atoms with Crippen LogP contribution in [-0.2, 0) is 16.1 Å². The van der Waals surface area contributed by atoms with Gasteiger partial charge in [0, 0.05) is 25.6 Å². The van der Waals surface area contributed by atoms with E-state index < -0.39 is 0 Å². The highest BCUT2D eigenvalue weighted by atomic mass is 16.2. The molecule has 2 heterocycles. The fourth-order valence-corrected chi connectivity index (χ4v) is 3.60. The fourth-order valence-electron chi connectivity index (χ4n) is 3.60. The van der Waals surface area contributed by atoms with Crippen LogP contribution in [0.1, 0.15) is 23.2 Å². The van der Waals surface area contributed by atoms with Crippen molar-refractivity contribution in [2.24, 2.45) is 5.92 Å². The number of nitrogens with zero attached hydrogens (tertiary/aromatic N) is 3. The summed E-state index contributed by atoms with van der Waals surface area (Å²) in [7, 11) is 0. The Balaban J connectivity index is 1.46. The summed E-state index contributed by atoms with van der Waals surface area (Å²) in [5.74, 6) is 0.109. The number of aryl methyl sites for hydroxylation is 2. The van der Waals surface area contributed by atoms with E-state index in [1.165, 1.54) is 0 Å². The maximum absolute atomic E-state index is 12.9. The Morgan fingerprint density at radius 1 is 1.10 bits per heavy atom. The second-order valence-electron chi connectivity index (χ2n) is 7.57. The smallest absolute Gasteiger partial charge is 0.230 e. The van der Waals surface area contributed by atoms with E-state index in [1.54, 1.807) is 9.58 Å². The first-order valence-electron chi connectivity index (χ1n) is 9.76. The molecule has 0 bridgehead atoms. The van der Waals surface area contributed by atoms with E-state index in [0.717, 1.165) is 22.5 Å². The van der Waals surface area contributed by atoms with Crippen LogP contribution in [0.2, 0.25) is 0 Å². The summed E-state index contributed by atoms with van der Waals surface area (Å²) in [5, 5.41) is 7.47. The van der Waals surface area contributed by atoms with Gasteiger partial charge in [0.25, 0.3) is 0 Å². The predicted molar refractivity (Wildman–Crippen MR) is 112 cm³/mol. The third-order valence-electron chi connectivity index (χ3n) is 5.16. The molecule has 1 unspecified atom stereocenters. The van der Waals surface area contributed by atoms with Gasteiger partial charge in [-0.05, 0) is 31.5 Å². The van der Waals surface area contributed by atoms with Crippen molar-refractivity contribution in [1.82, 2.24) is 14.7 Å². The molecule has 148 valence electrons. The number of carbonyl (C=O) groups excluding carboxylic acids is 2. The molecule has 1 aliphatic rings. The van der Waals surface area contributed by atoms with Crippen LogP contribution < -0.4 is 5.32 Å². The van der Waals surface area contributed by atoms with Crippen molar-refractivity contribution >= 4 is 17.6 Å². The van der Waals surface area contributed by atoms with Crippen LogP contribution in [0, 0.1) is 19.8 Å². The first kappa shape index (κ1) is 18.9. The first-order valence-corrected chi connectivity index (χ1v) is 9.76. The Kier molecular flexibility index (Phi) is 5.16. The van der Waals surface area contributed by atoms with E-state index in [0.29, 0.717) is 18.9 Å². The Morgan fingerprint density at radius 3 is 2.55 bits per heavy atom. The van der Waals surface area contributed by atoms with Gasteiger partial charge >= 0.3 is 0 Å². The quantitative estimate of drug-likeness (QED) is 0.728. The summed E-state index contributed by atoms with van der Waals surface area (Å²) in [6.07, 6.45) is 0.232. The average molecular weight is 388 g/mol. The van der Waals surface area contributed by atoms with Crippen LogP contribution >= 0.6 is 0 Å². The minimum atomic E-state index is -0.368. The molecule has 6 nitrogen and oxygen atoms in total. The second-order valence-corrected chi connectivity index (χ2v) is 7.57. The minimum Gasteiger partial charge on any atom is -0.338 e. The monoisotopic (exact) mass is 388 g/mol. The Morgan fingerprint density at radius 2 is 1.83 bits per heavy atom. The maximum Gasteiger partial charge on any atom is 0.230 e. The molecule has 1 N–H and O–H groups in total. The van der Waals surface area contributed by atoms with Gasteiger partial charge in [-0.25, -0.2) is 4.68 Å². The molecule has 29 heavy (non-hydrogen) atoms. The van der Waals surface area contributed by atoms with Crippen LogP contribution in [0.5, 0.6) is 0 Å². The number of amides is 2. The topological polar surface area (TPSA) is 67.2 Å². The number of aromatic nitrogens is 2. The van der Waals surface area contributed by atoms with Gasteiger partial charge < -0.3 is 10.2 Å². The zero-order valence-electron chi connectivity index (χ0n) is 16.6. The lowest BCUT2D eigenvalue weighted by Crippen LogP contribution is -2.28. The van der Waals surface area contributed by atoms with Crippen molar-refractivity contribution in [2.45, 2.75) is 26.8 Å². The third-order valence-corrected chi connectivity index (χ3v) is 5.16. The largest absolute Gasteiger partial charge is 0.338 e. The highest BCUT2D eigenvalue weighted by Crippen LogP contribution is 2.23. The van der Waals surface area contributed by atoms with E-state index in [2.05, 4.69) is 10.4 Å². The molecule has 6 heteroatoms. The number of rotatable bonds is 5. The molecule has 4 rings (SSSR count). The number of hydrogen-bond acceptors (Lipinski definition) is 3. The molecule has 1 saturated heterocycles. The highest BCUT2D eigenvalue weighted by Gasteiger charge is 2.34. The van der Waals surface area contributed by atoms with Gasteiger partial charge in [0.1, 0.15) is 5.82 Å². The molecule has 1 fully saturated rings. The summed E-state index contributed by atoms with van der Waals surface area (Å²) in [4.78, 5) is 27.0. The third kappa shape index (κ3) is 4.21. The van der Waals surface area contributed by atoms with Crippen LogP contribution in [0.3, 0.4) is 0 Å². The van der Waals surface area contributed by atoms with E-state index >= 15 is 0 Å². The number of carbonyl (C=O) groups is 2. The highest BCUT2D eigenvalue weighted by molar-refractivity contribution is 5.96. The van der Waals surface area contributed by atoms with Crippen molar-refractivity contribution in [3.8, 4) is 5.69 Å². The van der Waals surface area contributed by atoms with E-state index in [1.807, 2.05) is 74.5 Å². The SMILES string of the molecule is Cc1ccc(-n2nc(C)cc2NC(=O)C2CC(=O)N(Cc3ccccc3)C2)cc1. The van der Waals surface area contributed by atoms with Gasteiger partial charge in [0.2, 0.25) is 11.8 Å². The summed E-state index contributed by atoms with van der Waals surface area (Å²) in [6.45, 7) is 4.88. The van der Waals surface area contributed by atoms with Crippen molar-refractivity contribution in [3.05, 3.63) is 77.5 Å². The number of nitrogens with one attached hydrogen (secondary N) is 1. The molecule has 0 spiro atoms. The molecule has 0 radical (unpaired) electrons. The molecule has 1 atom stereocenters. The minimum absolute atomic E-state index is 0.0113. The molecule has 0 aliphatic carbocycles. The predicted octanol–water partition coefficient (Wildman–Crippen LogP) is 3.48. The molecule has 1 aromatic heterocycles. The first-order chi connectivity index (χ1) is 14.0. The summed E-state index contributed by atoms with van der Waals surface area (Å²) < 4.78 is 1.73. The van der Waals surface area contributed by atoms with Crippen molar-refractivity contribution in [3.63, 3.8) is 0 Å². The van der Waals surface area contributed by atoms with Crippen LogP contribution in [0.15, 0.2) is 60.7 Å². The van der Waals surface area contributed by atoms with Crippen molar-refractivity contribution < 1.29 is 9.59 Å². The summed E-state index contributed by atoms with van der Waals surface area (Å²) in [5.41, 5.74) is 3.92. The molecule has 2 amide bonds. The lowest BCUT2D eigenvalue weighted by Gasteiger charge is -2.17. The normalized spacial score (nSPS) is 16.3. The number of benzene rings is 2. The van der Waals surface area contributed by atoms with Crippen molar-refractivity contribution in [1.29, 1.82) is 0 Å². The van der Waals surface area contributed by atoms with Gasteiger partial charge in [-0.3, -0.25) is 9.59 Å². The Labute approximate surface area is 170 Å². The molecule has 0 saturated carbocycles. The Hall–Kier alpha value is -3.41. The molecular weight excluding hydrogens is 364 g/mol. The Bertz CT molecular complexity index is 1020. The summed E-state index contributed by atoms with van der Waals surface area (Å²) in [6, 6.07) is 19.6. The van der Waals surface area contributed by atoms with E-state index in [-0.39, 0.29) is 24.2 Å². The number of hydrogen-bond donors (Lipinski definition) is 1. The standard InChI is InChI=1S/C23H24N4O2/c1-16-8-10-20(11-9-16)27-21(12-17(2)25-27)24-23(29)19-13-22(28)26(15-19)14-18-6-4-3-5-7-18/h3-12,19H,13-15H2,1-2H3,(H,24,29). The van der Waals surface area contributed by atoms with E-state index in [4.69, 9.17) is 0 Å². The molecule has 3 aromatic rings. The van der Waals surface area contributed by atoms with Gasteiger partial charge in [-0.1, -0.05) is 48.0 Å². The van der Waals surface area contributed by atoms with Crippen molar-refractivity contribution in [2.75, 3.05) is 11.9 Å². The van der Waals surface area contributed by atoms with Gasteiger partial charge in [-0.2, -0.15) is 5.10 Å². The second kappa shape index (κ2) is 7.91. The van der Waals surface area contributed by atoms with Crippen LogP contribution in [-0.4, -0.2) is 33.0 Å². The lowest BCUT2D eigenvalue weighted by molar-refractivity contribution is -0.128. The van der Waals surface area contributed by atoms with Gasteiger partial charge in [0.05, 0.1) is 17.3 Å². The zero-order chi connectivity index (χ0) is 20.4.